The molecule has 1 N–H and O–H groups in total. The number of hydrogen-bond acceptors (Lipinski definition) is 5. The molecular formula is C13H24N4O. The van der Waals surface area contributed by atoms with Gasteiger partial charge < -0.3 is 14.6 Å². The van der Waals surface area contributed by atoms with Gasteiger partial charge >= 0.3 is 6.01 Å². The van der Waals surface area contributed by atoms with E-state index in [4.69, 9.17) is 4.42 Å². The summed E-state index contributed by atoms with van der Waals surface area (Å²) in [5, 5.41) is 11.5. The van der Waals surface area contributed by atoms with Crippen molar-refractivity contribution in [2.45, 2.75) is 46.6 Å². The standard InChI is InChI=1S/C13H24N4O/c1-4-7-14-10-11-15-16-12(18-11)17-8-5-13(2,3)6-9-17/h14H,4-10H2,1-3H3. The Kier molecular flexibility index (Phi) is 4.22. The molecule has 102 valence electrons. The van der Waals surface area contributed by atoms with Gasteiger partial charge in [0.1, 0.15) is 0 Å². The lowest BCUT2D eigenvalue weighted by molar-refractivity contribution is 0.272. The molecule has 0 atom stereocenters. The lowest BCUT2D eigenvalue weighted by Gasteiger charge is -2.35. The van der Waals surface area contributed by atoms with Crippen LogP contribution in [-0.4, -0.2) is 29.8 Å². The second kappa shape index (κ2) is 5.69. The minimum atomic E-state index is 0.446. The Morgan fingerprint density at radius 1 is 1.28 bits per heavy atom. The second-order valence-corrected chi connectivity index (χ2v) is 5.81. The van der Waals surface area contributed by atoms with Crippen LogP contribution in [-0.2, 0) is 6.54 Å². The van der Waals surface area contributed by atoms with Gasteiger partial charge in [-0.15, -0.1) is 5.10 Å². The number of anilines is 1. The van der Waals surface area contributed by atoms with Crippen molar-refractivity contribution in [3.63, 3.8) is 0 Å². The van der Waals surface area contributed by atoms with Crippen LogP contribution in [0.25, 0.3) is 0 Å². The van der Waals surface area contributed by atoms with Gasteiger partial charge in [0.2, 0.25) is 5.89 Å². The lowest BCUT2D eigenvalue weighted by Crippen LogP contribution is -2.37. The highest BCUT2D eigenvalue weighted by atomic mass is 16.4. The van der Waals surface area contributed by atoms with Gasteiger partial charge in [0.25, 0.3) is 0 Å². The maximum atomic E-state index is 5.68. The van der Waals surface area contributed by atoms with Gasteiger partial charge in [-0.05, 0) is 31.2 Å². The summed E-state index contributed by atoms with van der Waals surface area (Å²) in [5.74, 6) is 0.684. The third-order valence-electron chi connectivity index (χ3n) is 3.55. The lowest BCUT2D eigenvalue weighted by atomic mass is 9.83. The van der Waals surface area contributed by atoms with E-state index in [2.05, 4.69) is 41.2 Å². The van der Waals surface area contributed by atoms with Crippen LogP contribution in [0, 0.1) is 5.41 Å². The largest absolute Gasteiger partial charge is 0.407 e. The molecule has 2 rings (SSSR count). The van der Waals surface area contributed by atoms with Gasteiger partial charge in [0, 0.05) is 13.1 Å². The minimum Gasteiger partial charge on any atom is -0.407 e. The van der Waals surface area contributed by atoms with Crippen molar-refractivity contribution >= 4 is 6.01 Å². The van der Waals surface area contributed by atoms with Crippen LogP contribution in [0.2, 0.25) is 0 Å². The van der Waals surface area contributed by atoms with E-state index in [9.17, 15) is 0 Å². The predicted molar refractivity (Wildman–Crippen MR) is 71.5 cm³/mol. The van der Waals surface area contributed by atoms with Crippen LogP contribution >= 0.6 is 0 Å². The monoisotopic (exact) mass is 252 g/mol. The summed E-state index contributed by atoms with van der Waals surface area (Å²) in [6, 6.07) is 0.679. The molecule has 0 bridgehead atoms. The van der Waals surface area contributed by atoms with E-state index in [0.29, 0.717) is 23.9 Å². The summed E-state index contributed by atoms with van der Waals surface area (Å²) in [7, 11) is 0. The first-order chi connectivity index (χ1) is 8.61. The molecule has 1 aromatic rings. The quantitative estimate of drug-likeness (QED) is 0.814. The first-order valence-electron chi connectivity index (χ1n) is 6.89. The fourth-order valence-electron chi connectivity index (χ4n) is 2.12. The Hall–Kier alpha value is -1.10. The van der Waals surface area contributed by atoms with E-state index < -0.39 is 0 Å². The molecule has 0 radical (unpaired) electrons. The van der Waals surface area contributed by atoms with Crippen LogP contribution in [0.4, 0.5) is 6.01 Å². The Morgan fingerprint density at radius 3 is 2.67 bits per heavy atom. The summed E-state index contributed by atoms with van der Waals surface area (Å²) in [5.41, 5.74) is 0.446. The summed E-state index contributed by atoms with van der Waals surface area (Å²) in [6.07, 6.45) is 3.47. The highest BCUT2D eigenvalue weighted by Gasteiger charge is 2.27. The van der Waals surface area contributed by atoms with E-state index >= 15 is 0 Å². The Bertz CT molecular complexity index is 365. The van der Waals surface area contributed by atoms with Crippen molar-refractivity contribution in [2.24, 2.45) is 5.41 Å². The van der Waals surface area contributed by atoms with Gasteiger partial charge in [0.15, 0.2) is 0 Å². The molecule has 0 aromatic carbocycles. The van der Waals surface area contributed by atoms with Crippen molar-refractivity contribution in [1.82, 2.24) is 15.5 Å². The molecule has 18 heavy (non-hydrogen) atoms. The van der Waals surface area contributed by atoms with Crippen LogP contribution in [0.3, 0.4) is 0 Å². The smallest absolute Gasteiger partial charge is 0.318 e. The number of nitrogens with one attached hydrogen (secondary N) is 1. The number of nitrogens with zero attached hydrogens (tertiary/aromatic N) is 3. The number of piperidine rings is 1. The fourth-order valence-corrected chi connectivity index (χ4v) is 2.12. The molecule has 5 heteroatoms. The van der Waals surface area contributed by atoms with Crippen molar-refractivity contribution in [3.05, 3.63) is 5.89 Å². The summed E-state index contributed by atoms with van der Waals surface area (Å²) < 4.78 is 5.68. The summed E-state index contributed by atoms with van der Waals surface area (Å²) >= 11 is 0. The first-order valence-corrected chi connectivity index (χ1v) is 6.89. The first kappa shape index (κ1) is 13.3. The van der Waals surface area contributed by atoms with E-state index in [1.54, 1.807) is 0 Å². The average Bonchev–Trinajstić information content (AvgIpc) is 2.78. The molecule has 1 aliphatic rings. The molecule has 1 saturated heterocycles. The Labute approximate surface area is 109 Å². The van der Waals surface area contributed by atoms with Gasteiger partial charge in [-0.3, -0.25) is 0 Å². The Balaban J connectivity index is 1.86. The third-order valence-corrected chi connectivity index (χ3v) is 3.55. The van der Waals surface area contributed by atoms with Gasteiger partial charge in [-0.2, -0.15) is 0 Å². The molecule has 0 unspecified atom stereocenters. The maximum absolute atomic E-state index is 5.68. The molecule has 0 amide bonds. The number of hydrogen-bond donors (Lipinski definition) is 1. The molecule has 0 aliphatic carbocycles. The molecular weight excluding hydrogens is 228 g/mol. The topological polar surface area (TPSA) is 54.2 Å². The van der Waals surface area contributed by atoms with Gasteiger partial charge in [-0.25, -0.2) is 0 Å². The summed E-state index contributed by atoms with van der Waals surface area (Å²) in [6.45, 7) is 10.4. The SMILES string of the molecule is CCCNCc1nnc(N2CCC(C)(C)CC2)o1. The normalized spacial score (nSPS) is 19.2. The zero-order valence-corrected chi connectivity index (χ0v) is 11.7. The van der Waals surface area contributed by atoms with E-state index in [0.717, 1.165) is 26.1 Å². The molecule has 0 spiro atoms. The van der Waals surface area contributed by atoms with Crippen molar-refractivity contribution in [2.75, 3.05) is 24.5 Å². The fraction of sp³-hybridized carbons (Fsp3) is 0.846. The average molecular weight is 252 g/mol. The van der Waals surface area contributed by atoms with Crippen LogP contribution < -0.4 is 10.2 Å². The molecule has 1 fully saturated rings. The van der Waals surface area contributed by atoms with E-state index in [1.165, 1.54) is 12.8 Å². The number of aromatic nitrogens is 2. The minimum absolute atomic E-state index is 0.446. The van der Waals surface area contributed by atoms with Crippen molar-refractivity contribution in [1.29, 1.82) is 0 Å². The van der Waals surface area contributed by atoms with Crippen LogP contribution in [0.5, 0.6) is 0 Å². The van der Waals surface area contributed by atoms with E-state index in [-0.39, 0.29) is 0 Å². The van der Waals surface area contributed by atoms with Gasteiger partial charge in [-0.1, -0.05) is 25.9 Å². The zero-order valence-electron chi connectivity index (χ0n) is 11.7. The highest BCUT2D eigenvalue weighted by Crippen LogP contribution is 2.31. The molecule has 1 aliphatic heterocycles. The molecule has 2 heterocycles. The molecule has 0 saturated carbocycles. The van der Waals surface area contributed by atoms with Gasteiger partial charge in [0.05, 0.1) is 6.54 Å². The third kappa shape index (κ3) is 3.45. The molecule has 1 aromatic heterocycles. The van der Waals surface area contributed by atoms with E-state index in [1.807, 2.05) is 0 Å². The van der Waals surface area contributed by atoms with Crippen LogP contribution in [0.1, 0.15) is 45.9 Å². The molecule has 5 nitrogen and oxygen atoms in total. The number of rotatable bonds is 5. The predicted octanol–water partition coefficient (Wildman–Crippen LogP) is 2.20. The Morgan fingerprint density at radius 2 is 2.00 bits per heavy atom. The maximum Gasteiger partial charge on any atom is 0.318 e. The highest BCUT2D eigenvalue weighted by molar-refractivity contribution is 5.25. The van der Waals surface area contributed by atoms with Crippen molar-refractivity contribution in [3.8, 4) is 0 Å². The zero-order chi connectivity index (χ0) is 13.0. The van der Waals surface area contributed by atoms with Crippen molar-refractivity contribution < 1.29 is 4.42 Å². The van der Waals surface area contributed by atoms with Crippen LogP contribution in [0.15, 0.2) is 4.42 Å². The summed E-state index contributed by atoms with van der Waals surface area (Å²) in [4.78, 5) is 2.20. The second-order valence-electron chi connectivity index (χ2n) is 5.81.